The Hall–Kier alpha value is 0.310. The summed E-state index contributed by atoms with van der Waals surface area (Å²) >= 11 is 2.16. The first-order valence-electron chi connectivity index (χ1n) is 5.19. The molecule has 1 atom stereocenters. The molecule has 0 aromatic rings. The van der Waals surface area contributed by atoms with Gasteiger partial charge in [0.1, 0.15) is 0 Å². The van der Waals surface area contributed by atoms with Gasteiger partial charge in [0.15, 0.2) is 0 Å². The number of hydrogen-bond donors (Lipinski definition) is 1. The zero-order valence-electron chi connectivity index (χ0n) is 7.88. The molecular weight excluding hydrogens is 166 g/mol. The van der Waals surface area contributed by atoms with Crippen molar-refractivity contribution in [2.45, 2.75) is 43.9 Å². The third-order valence-corrected chi connectivity index (χ3v) is 4.43. The zero-order valence-corrected chi connectivity index (χ0v) is 8.70. The standard InChI is InChI=1S/C10H19NS/c1-8-5-9(6-8)11-7-10-3-2-4-12-10/h8-11H,2-7H2,1H3. The van der Waals surface area contributed by atoms with Gasteiger partial charge in [-0.05, 0) is 37.4 Å². The summed E-state index contributed by atoms with van der Waals surface area (Å²) in [5.74, 6) is 2.38. The lowest BCUT2D eigenvalue weighted by Gasteiger charge is -2.34. The van der Waals surface area contributed by atoms with Crippen molar-refractivity contribution in [3.63, 3.8) is 0 Å². The molecule has 0 bridgehead atoms. The summed E-state index contributed by atoms with van der Waals surface area (Å²) in [4.78, 5) is 0. The largest absolute Gasteiger partial charge is 0.313 e. The van der Waals surface area contributed by atoms with Crippen LogP contribution >= 0.6 is 11.8 Å². The first kappa shape index (κ1) is 8.89. The molecule has 2 aliphatic rings. The fraction of sp³-hybridized carbons (Fsp3) is 1.00. The van der Waals surface area contributed by atoms with Gasteiger partial charge in [0, 0.05) is 17.8 Å². The molecule has 1 unspecified atom stereocenters. The van der Waals surface area contributed by atoms with Gasteiger partial charge in [-0.2, -0.15) is 11.8 Å². The van der Waals surface area contributed by atoms with Crippen LogP contribution in [0.5, 0.6) is 0 Å². The highest BCUT2D eigenvalue weighted by Gasteiger charge is 2.25. The van der Waals surface area contributed by atoms with E-state index >= 15 is 0 Å². The zero-order chi connectivity index (χ0) is 8.39. The second-order valence-corrected chi connectivity index (χ2v) is 5.73. The average Bonchev–Trinajstić information content (AvgIpc) is 2.47. The van der Waals surface area contributed by atoms with Gasteiger partial charge >= 0.3 is 0 Å². The first-order chi connectivity index (χ1) is 5.84. The maximum atomic E-state index is 3.67. The molecule has 1 aliphatic carbocycles. The van der Waals surface area contributed by atoms with Crippen LogP contribution in [0.25, 0.3) is 0 Å². The molecule has 2 rings (SSSR count). The fourth-order valence-electron chi connectivity index (χ4n) is 2.17. The molecule has 0 aromatic heterocycles. The van der Waals surface area contributed by atoms with Crippen LogP contribution in [0.4, 0.5) is 0 Å². The van der Waals surface area contributed by atoms with Crippen molar-refractivity contribution in [1.29, 1.82) is 0 Å². The van der Waals surface area contributed by atoms with E-state index in [1.165, 1.54) is 38.0 Å². The second-order valence-electron chi connectivity index (χ2n) is 4.32. The maximum absolute atomic E-state index is 3.67. The van der Waals surface area contributed by atoms with E-state index < -0.39 is 0 Å². The van der Waals surface area contributed by atoms with E-state index in [4.69, 9.17) is 0 Å². The van der Waals surface area contributed by atoms with Crippen molar-refractivity contribution in [2.75, 3.05) is 12.3 Å². The van der Waals surface area contributed by atoms with Gasteiger partial charge < -0.3 is 5.32 Å². The van der Waals surface area contributed by atoms with Crippen molar-refractivity contribution in [1.82, 2.24) is 5.32 Å². The number of nitrogens with one attached hydrogen (secondary N) is 1. The molecule has 1 aliphatic heterocycles. The highest BCUT2D eigenvalue weighted by molar-refractivity contribution is 8.00. The maximum Gasteiger partial charge on any atom is 0.0172 e. The van der Waals surface area contributed by atoms with Crippen LogP contribution in [-0.2, 0) is 0 Å². The highest BCUT2D eigenvalue weighted by atomic mass is 32.2. The van der Waals surface area contributed by atoms with Gasteiger partial charge in [-0.1, -0.05) is 6.92 Å². The van der Waals surface area contributed by atoms with Crippen LogP contribution in [0.3, 0.4) is 0 Å². The van der Waals surface area contributed by atoms with Crippen LogP contribution in [0.15, 0.2) is 0 Å². The molecule has 70 valence electrons. The quantitative estimate of drug-likeness (QED) is 0.724. The Kier molecular flexibility index (Phi) is 2.97. The van der Waals surface area contributed by atoms with Crippen LogP contribution in [-0.4, -0.2) is 23.6 Å². The van der Waals surface area contributed by atoms with Crippen molar-refractivity contribution in [2.24, 2.45) is 5.92 Å². The topological polar surface area (TPSA) is 12.0 Å². The Bertz CT molecular complexity index is 137. The molecule has 0 radical (unpaired) electrons. The van der Waals surface area contributed by atoms with Crippen molar-refractivity contribution < 1.29 is 0 Å². The molecule has 1 saturated carbocycles. The summed E-state index contributed by atoms with van der Waals surface area (Å²) in [5.41, 5.74) is 0. The van der Waals surface area contributed by atoms with E-state index in [0.29, 0.717) is 0 Å². The number of rotatable bonds is 3. The van der Waals surface area contributed by atoms with Crippen LogP contribution in [0.1, 0.15) is 32.6 Å². The third-order valence-electron chi connectivity index (χ3n) is 3.03. The Balaban J connectivity index is 1.56. The van der Waals surface area contributed by atoms with Crippen LogP contribution in [0.2, 0.25) is 0 Å². The van der Waals surface area contributed by atoms with Crippen molar-refractivity contribution >= 4 is 11.8 Å². The smallest absolute Gasteiger partial charge is 0.0172 e. The van der Waals surface area contributed by atoms with Gasteiger partial charge in [-0.3, -0.25) is 0 Å². The van der Waals surface area contributed by atoms with Crippen LogP contribution in [0, 0.1) is 5.92 Å². The Morgan fingerprint density at radius 1 is 1.42 bits per heavy atom. The van der Waals surface area contributed by atoms with Crippen LogP contribution < -0.4 is 5.32 Å². The highest BCUT2D eigenvalue weighted by Crippen LogP contribution is 2.28. The fourth-order valence-corrected chi connectivity index (χ4v) is 3.39. The predicted octanol–water partition coefficient (Wildman–Crippen LogP) is 2.27. The minimum atomic E-state index is 0.862. The summed E-state index contributed by atoms with van der Waals surface area (Å²) in [6, 6.07) is 0.862. The third kappa shape index (κ3) is 2.17. The molecule has 1 nitrogen and oxygen atoms in total. The molecule has 1 N–H and O–H groups in total. The summed E-state index contributed by atoms with van der Waals surface area (Å²) in [6.45, 7) is 3.62. The van der Waals surface area contributed by atoms with E-state index in [2.05, 4.69) is 24.0 Å². The molecular formula is C10H19NS. The lowest BCUT2D eigenvalue weighted by Crippen LogP contribution is -2.42. The van der Waals surface area contributed by atoms with E-state index in [0.717, 1.165) is 17.2 Å². The van der Waals surface area contributed by atoms with Gasteiger partial charge in [0.2, 0.25) is 0 Å². The molecule has 12 heavy (non-hydrogen) atoms. The second kappa shape index (κ2) is 4.01. The van der Waals surface area contributed by atoms with Gasteiger partial charge in [-0.15, -0.1) is 0 Å². The lowest BCUT2D eigenvalue weighted by atomic mass is 9.82. The molecule has 2 heteroatoms. The molecule has 1 heterocycles. The predicted molar refractivity (Wildman–Crippen MR) is 55.7 cm³/mol. The normalized spacial score (nSPS) is 41.2. The minimum Gasteiger partial charge on any atom is -0.313 e. The van der Waals surface area contributed by atoms with E-state index in [9.17, 15) is 0 Å². The Morgan fingerprint density at radius 2 is 2.25 bits per heavy atom. The SMILES string of the molecule is CC1CC(NCC2CCCS2)C1. The summed E-state index contributed by atoms with van der Waals surface area (Å²) in [5, 5.41) is 4.60. The lowest BCUT2D eigenvalue weighted by molar-refractivity contribution is 0.242. The van der Waals surface area contributed by atoms with E-state index in [1.54, 1.807) is 0 Å². The molecule has 0 spiro atoms. The Morgan fingerprint density at radius 3 is 2.83 bits per heavy atom. The monoisotopic (exact) mass is 185 g/mol. The average molecular weight is 185 g/mol. The summed E-state index contributed by atoms with van der Waals surface area (Å²) in [7, 11) is 0. The van der Waals surface area contributed by atoms with Crippen molar-refractivity contribution in [3.8, 4) is 0 Å². The summed E-state index contributed by atoms with van der Waals surface area (Å²) < 4.78 is 0. The molecule has 0 aromatic carbocycles. The number of thioether (sulfide) groups is 1. The molecule has 0 amide bonds. The summed E-state index contributed by atoms with van der Waals surface area (Å²) in [6.07, 6.45) is 5.72. The first-order valence-corrected chi connectivity index (χ1v) is 6.24. The molecule has 2 fully saturated rings. The van der Waals surface area contributed by atoms with Gasteiger partial charge in [0.05, 0.1) is 0 Å². The van der Waals surface area contributed by atoms with E-state index in [-0.39, 0.29) is 0 Å². The number of hydrogen-bond acceptors (Lipinski definition) is 2. The minimum absolute atomic E-state index is 0.862. The van der Waals surface area contributed by atoms with E-state index in [1.807, 2.05) is 0 Å². The van der Waals surface area contributed by atoms with Gasteiger partial charge in [0.25, 0.3) is 0 Å². The van der Waals surface area contributed by atoms with Gasteiger partial charge in [-0.25, -0.2) is 0 Å². The molecule has 1 saturated heterocycles. The van der Waals surface area contributed by atoms with Crippen molar-refractivity contribution in [3.05, 3.63) is 0 Å². The Labute approximate surface area is 79.7 Å².